The van der Waals surface area contributed by atoms with Crippen molar-refractivity contribution in [3.8, 4) is 0 Å². The van der Waals surface area contributed by atoms with Gasteiger partial charge in [-0.3, -0.25) is 9.59 Å². The van der Waals surface area contributed by atoms with E-state index >= 15 is 0 Å². The van der Waals surface area contributed by atoms with Crippen LogP contribution in [0.4, 0.5) is 4.39 Å². The topological polar surface area (TPSA) is 73.4 Å². The van der Waals surface area contributed by atoms with Crippen LogP contribution >= 0.6 is 0 Å². The first-order valence-corrected chi connectivity index (χ1v) is 7.12. The Kier molecular flexibility index (Phi) is 4.80. The minimum absolute atomic E-state index is 0.0889. The van der Waals surface area contributed by atoms with Crippen molar-refractivity contribution in [2.75, 3.05) is 13.1 Å². The number of hydrogen-bond acceptors (Lipinski definition) is 2. The standard InChI is InChI=1S/C16H19FN2O3/c1-10(2)8-19(9-16(21)22)15(20)5-11-7-18-14-6-12(17)3-4-13(11)14/h3-4,6-7,10,18H,5,8-9H2,1-2H3,(H,21,22). The number of nitrogens with one attached hydrogen (secondary N) is 1. The summed E-state index contributed by atoms with van der Waals surface area (Å²) < 4.78 is 13.2. The number of fused-ring (bicyclic) bond motifs is 1. The first-order chi connectivity index (χ1) is 10.4. The van der Waals surface area contributed by atoms with Crippen LogP contribution in [0, 0.1) is 11.7 Å². The van der Waals surface area contributed by atoms with E-state index in [1.807, 2.05) is 13.8 Å². The van der Waals surface area contributed by atoms with Gasteiger partial charge in [-0.1, -0.05) is 13.8 Å². The summed E-state index contributed by atoms with van der Waals surface area (Å²) >= 11 is 0. The van der Waals surface area contributed by atoms with E-state index in [4.69, 9.17) is 5.11 Å². The molecule has 0 bridgehead atoms. The highest BCUT2D eigenvalue weighted by molar-refractivity contribution is 5.90. The van der Waals surface area contributed by atoms with Crippen molar-refractivity contribution >= 4 is 22.8 Å². The highest BCUT2D eigenvalue weighted by Gasteiger charge is 2.19. The van der Waals surface area contributed by atoms with Crippen LogP contribution in [0.1, 0.15) is 19.4 Å². The molecule has 5 nitrogen and oxygen atoms in total. The second kappa shape index (κ2) is 6.60. The molecule has 0 aliphatic carbocycles. The summed E-state index contributed by atoms with van der Waals surface area (Å²) in [5.41, 5.74) is 1.36. The molecule has 0 radical (unpaired) electrons. The number of aromatic amines is 1. The summed E-state index contributed by atoms with van der Waals surface area (Å²) in [7, 11) is 0. The smallest absolute Gasteiger partial charge is 0.323 e. The summed E-state index contributed by atoms with van der Waals surface area (Å²) in [6.07, 6.45) is 1.75. The number of halogens is 1. The number of nitrogens with zero attached hydrogens (tertiary/aromatic N) is 1. The SMILES string of the molecule is CC(C)CN(CC(=O)O)C(=O)Cc1c[nH]c2cc(F)ccc12. The summed E-state index contributed by atoms with van der Waals surface area (Å²) in [5.74, 6) is -1.45. The number of carbonyl (C=O) groups excluding carboxylic acids is 1. The molecule has 2 N–H and O–H groups in total. The number of H-pyrrole nitrogens is 1. The molecule has 6 heteroatoms. The Morgan fingerprint density at radius 1 is 1.36 bits per heavy atom. The van der Waals surface area contributed by atoms with Gasteiger partial charge in [-0.25, -0.2) is 4.39 Å². The fraction of sp³-hybridized carbons (Fsp3) is 0.375. The van der Waals surface area contributed by atoms with Gasteiger partial charge < -0.3 is 15.0 Å². The Morgan fingerprint density at radius 3 is 2.73 bits per heavy atom. The van der Waals surface area contributed by atoms with Gasteiger partial charge in [0.05, 0.1) is 6.42 Å². The third-order valence-corrected chi connectivity index (χ3v) is 3.34. The average molecular weight is 306 g/mol. The summed E-state index contributed by atoms with van der Waals surface area (Å²) in [6, 6.07) is 4.33. The van der Waals surface area contributed by atoms with Crippen LogP contribution in [0.2, 0.25) is 0 Å². The quantitative estimate of drug-likeness (QED) is 0.861. The van der Waals surface area contributed by atoms with Crippen molar-refractivity contribution < 1.29 is 19.1 Å². The van der Waals surface area contributed by atoms with E-state index < -0.39 is 5.97 Å². The number of carboxylic acid groups (broad SMARTS) is 1. The molecule has 2 aromatic rings. The summed E-state index contributed by atoms with van der Waals surface area (Å²) in [6.45, 7) is 3.93. The van der Waals surface area contributed by atoms with E-state index in [2.05, 4.69) is 4.98 Å². The van der Waals surface area contributed by atoms with Crippen molar-refractivity contribution in [3.05, 3.63) is 35.8 Å². The monoisotopic (exact) mass is 306 g/mol. The number of carboxylic acids is 1. The molecule has 1 aromatic carbocycles. The molecule has 22 heavy (non-hydrogen) atoms. The molecule has 118 valence electrons. The van der Waals surface area contributed by atoms with Crippen LogP contribution < -0.4 is 0 Å². The van der Waals surface area contributed by atoms with E-state index in [0.29, 0.717) is 12.1 Å². The van der Waals surface area contributed by atoms with Crippen LogP contribution in [0.5, 0.6) is 0 Å². The Balaban J connectivity index is 2.18. The molecule has 0 atom stereocenters. The number of aliphatic carboxylic acids is 1. The number of hydrogen-bond donors (Lipinski definition) is 2. The number of benzene rings is 1. The molecular formula is C16H19FN2O3. The molecule has 0 aliphatic rings. The van der Waals surface area contributed by atoms with Crippen LogP contribution in [-0.4, -0.2) is 40.0 Å². The van der Waals surface area contributed by atoms with E-state index in [1.165, 1.54) is 17.0 Å². The fourth-order valence-corrected chi connectivity index (χ4v) is 2.44. The first kappa shape index (κ1) is 16.0. The van der Waals surface area contributed by atoms with Gasteiger partial charge in [-0.05, 0) is 29.7 Å². The lowest BCUT2D eigenvalue weighted by atomic mass is 10.1. The maximum Gasteiger partial charge on any atom is 0.323 e. The van der Waals surface area contributed by atoms with Crippen molar-refractivity contribution in [3.63, 3.8) is 0 Å². The number of aromatic nitrogens is 1. The molecule has 0 aliphatic heterocycles. The third kappa shape index (κ3) is 3.84. The zero-order valence-electron chi connectivity index (χ0n) is 12.6. The second-order valence-corrected chi connectivity index (χ2v) is 5.74. The van der Waals surface area contributed by atoms with Gasteiger partial charge in [0.25, 0.3) is 0 Å². The van der Waals surface area contributed by atoms with Crippen LogP contribution in [-0.2, 0) is 16.0 Å². The molecule has 0 fully saturated rings. The summed E-state index contributed by atoms with van der Waals surface area (Å²) in [4.78, 5) is 27.5. The van der Waals surface area contributed by atoms with Gasteiger partial charge in [0.15, 0.2) is 0 Å². The second-order valence-electron chi connectivity index (χ2n) is 5.74. The lowest BCUT2D eigenvalue weighted by Crippen LogP contribution is -2.39. The van der Waals surface area contributed by atoms with E-state index in [9.17, 15) is 14.0 Å². The largest absolute Gasteiger partial charge is 0.480 e. The third-order valence-electron chi connectivity index (χ3n) is 3.34. The molecule has 0 spiro atoms. The molecule has 2 rings (SSSR count). The van der Waals surface area contributed by atoms with Gasteiger partial charge in [0.2, 0.25) is 5.91 Å². The normalized spacial score (nSPS) is 11.1. The molecular weight excluding hydrogens is 287 g/mol. The van der Waals surface area contributed by atoms with E-state index in [0.717, 1.165) is 10.9 Å². The fourth-order valence-electron chi connectivity index (χ4n) is 2.44. The number of rotatable bonds is 6. The maximum atomic E-state index is 13.2. The van der Waals surface area contributed by atoms with E-state index in [1.54, 1.807) is 12.3 Å². The molecule has 0 saturated heterocycles. The van der Waals surface area contributed by atoms with Crippen molar-refractivity contribution in [1.82, 2.24) is 9.88 Å². The number of carbonyl (C=O) groups is 2. The van der Waals surface area contributed by atoms with Crippen molar-refractivity contribution in [1.29, 1.82) is 0 Å². The average Bonchev–Trinajstić information content (AvgIpc) is 2.79. The van der Waals surface area contributed by atoms with Gasteiger partial charge >= 0.3 is 5.97 Å². The van der Waals surface area contributed by atoms with Gasteiger partial charge in [0, 0.05) is 23.6 Å². The van der Waals surface area contributed by atoms with Gasteiger partial charge in [0.1, 0.15) is 12.4 Å². The molecule has 0 saturated carbocycles. The Bertz CT molecular complexity index is 694. The minimum Gasteiger partial charge on any atom is -0.480 e. The highest BCUT2D eigenvalue weighted by atomic mass is 19.1. The van der Waals surface area contributed by atoms with Crippen molar-refractivity contribution in [2.45, 2.75) is 20.3 Å². The first-order valence-electron chi connectivity index (χ1n) is 7.12. The zero-order valence-corrected chi connectivity index (χ0v) is 12.6. The van der Waals surface area contributed by atoms with Crippen LogP contribution in [0.15, 0.2) is 24.4 Å². The molecule has 0 unspecified atom stereocenters. The zero-order chi connectivity index (χ0) is 16.3. The maximum absolute atomic E-state index is 13.2. The Morgan fingerprint density at radius 2 is 2.09 bits per heavy atom. The van der Waals surface area contributed by atoms with Gasteiger partial charge in [-0.15, -0.1) is 0 Å². The van der Waals surface area contributed by atoms with Crippen LogP contribution in [0.3, 0.4) is 0 Å². The van der Waals surface area contributed by atoms with Crippen molar-refractivity contribution in [2.24, 2.45) is 5.92 Å². The molecule has 1 amide bonds. The Hall–Kier alpha value is -2.37. The molecule has 1 heterocycles. The molecule has 1 aromatic heterocycles. The lowest BCUT2D eigenvalue weighted by molar-refractivity contribution is -0.144. The lowest BCUT2D eigenvalue weighted by Gasteiger charge is -2.22. The Labute approximate surface area is 127 Å². The van der Waals surface area contributed by atoms with E-state index in [-0.39, 0.29) is 30.6 Å². The van der Waals surface area contributed by atoms with Gasteiger partial charge in [-0.2, -0.15) is 0 Å². The summed E-state index contributed by atoms with van der Waals surface area (Å²) in [5, 5.41) is 9.71. The predicted octanol–water partition coefficient (Wildman–Crippen LogP) is 2.42. The minimum atomic E-state index is -1.03. The number of amides is 1. The predicted molar refractivity (Wildman–Crippen MR) is 81.0 cm³/mol. The highest BCUT2D eigenvalue weighted by Crippen LogP contribution is 2.20. The van der Waals surface area contributed by atoms with Crippen LogP contribution in [0.25, 0.3) is 10.9 Å².